The van der Waals surface area contributed by atoms with Crippen LogP contribution in [0.15, 0.2) is 57.9 Å². The maximum Gasteiger partial charge on any atom is 0.409 e. The number of amides is 1. The van der Waals surface area contributed by atoms with Crippen molar-refractivity contribution in [1.29, 1.82) is 0 Å². The molecule has 9 nitrogen and oxygen atoms in total. The number of carbonyl (C=O) groups excluding carboxylic acids is 1. The molecule has 1 aromatic carbocycles. The van der Waals surface area contributed by atoms with Crippen LogP contribution < -0.4 is 10.3 Å². The van der Waals surface area contributed by atoms with Crippen molar-refractivity contribution in [2.75, 3.05) is 39.9 Å². The number of pyridine rings is 1. The van der Waals surface area contributed by atoms with E-state index in [-0.39, 0.29) is 29.5 Å². The normalized spacial score (nSPS) is 15.1. The Morgan fingerprint density at radius 3 is 2.46 bits per heavy atom. The van der Waals surface area contributed by atoms with Crippen molar-refractivity contribution in [3.8, 4) is 11.5 Å². The zero-order valence-corrected chi connectivity index (χ0v) is 20.3. The van der Waals surface area contributed by atoms with E-state index in [1.807, 2.05) is 30.3 Å². The maximum atomic E-state index is 13.8. The van der Waals surface area contributed by atoms with E-state index in [0.717, 1.165) is 5.56 Å². The van der Waals surface area contributed by atoms with Gasteiger partial charge in [0.05, 0.1) is 38.1 Å². The number of benzene rings is 1. The summed E-state index contributed by atoms with van der Waals surface area (Å²) in [5, 5.41) is 11.0. The monoisotopic (exact) mass is 481 g/mol. The summed E-state index contributed by atoms with van der Waals surface area (Å²) in [4.78, 5) is 29.8. The van der Waals surface area contributed by atoms with Gasteiger partial charge in [-0.25, -0.2) is 4.79 Å². The number of piperazine rings is 1. The first-order chi connectivity index (χ1) is 16.9. The van der Waals surface area contributed by atoms with Crippen molar-refractivity contribution in [1.82, 2.24) is 14.4 Å². The first-order valence-electron chi connectivity index (χ1n) is 11.7. The SMILES string of the molecule is CCOC(=O)N1CCN(C(c2ccc(OC)cc2)c2c(O)cc(C)n(Cc3ccco3)c2=O)CC1. The number of hydrogen-bond acceptors (Lipinski definition) is 7. The minimum atomic E-state index is -0.513. The zero-order chi connectivity index (χ0) is 24.9. The van der Waals surface area contributed by atoms with Gasteiger partial charge < -0.3 is 28.5 Å². The quantitative estimate of drug-likeness (QED) is 0.553. The Hall–Kier alpha value is -3.72. The highest BCUT2D eigenvalue weighted by Crippen LogP contribution is 2.34. The first kappa shape index (κ1) is 24.4. The van der Waals surface area contributed by atoms with E-state index < -0.39 is 6.04 Å². The third-order valence-electron chi connectivity index (χ3n) is 6.33. The minimum absolute atomic E-state index is 0.0585. The van der Waals surface area contributed by atoms with Gasteiger partial charge in [0.25, 0.3) is 5.56 Å². The summed E-state index contributed by atoms with van der Waals surface area (Å²) in [5.41, 5.74) is 1.48. The molecule has 0 aliphatic carbocycles. The molecule has 0 spiro atoms. The fourth-order valence-electron chi connectivity index (χ4n) is 4.50. The van der Waals surface area contributed by atoms with Gasteiger partial charge in [-0.3, -0.25) is 9.69 Å². The summed E-state index contributed by atoms with van der Waals surface area (Å²) in [7, 11) is 1.60. The number of furan rings is 1. The number of aromatic nitrogens is 1. The minimum Gasteiger partial charge on any atom is -0.507 e. The van der Waals surface area contributed by atoms with Crippen molar-refractivity contribution < 1.29 is 23.8 Å². The van der Waals surface area contributed by atoms with E-state index in [0.29, 0.717) is 50.0 Å². The Morgan fingerprint density at radius 2 is 1.86 bits per heavy atom. The lowest BCUT2D eigenvalue weighted by Gasteiger charge is -2.39. The molecule has 3 heterocycles. The van der Waals surface area contributed by atoms with Gasteiger partial charge in [0.1, 0.15) is 17.3 Å². The molecule has 186 valence electrons. The molecular formula is C26H31N3O6. The molecule has 4 rings (SSSR count). The number of hydrogen-bond donors (Lipinski definition) is 1. The van der Waals surface area contributed by atoms with E-state index in [4.69, 9.17) is 13.9 Å². The van der Waals surface area contributed by atoms with Gasteiger partial charge in [-0.15, -0.1) is 0 Å². The van der Waals surface area contributed by atoms with E-state index in [9.17, 15) is 14.7 Å². The molecule has 3 aromatic rings. The molecule has 0 radical (unpaired) electrons. The first-order valence-corrected chi connectivity index (χ1v) is 11.7. The highest BCUT2D eigenvalue weighted by Gasteiger charge is 2.33. The third kappa shape index (κ3) is 5.19. The Bertz CT molecular complexity index is 1200. The Balaban J connectivity index is 1.74. The van der Waals surface area contributed by atoms with Gasteiger partial charge in [0.2, 0.25) is 0 Å². The lowest BCUT2D eigenvalue weighted by Crippen LogP contribution is -2.50. The van der Waals surface area contributed by atoms with Crippen molar-refractivity contribution >= 4 is 6.09 Å². The van der Waals surface area contributed by atoms with Crippen LogP contribution in [0.1, 0.15) is 35.5 Å². The summed E-state index contributed by atoms with van der Waals surface area (Å²) < 4.78 is 17.5. The van der Waals surface area contributed by atoms with Crippen molar-refractivity contribution in [2.45, 2.75) is 26.4 Å². The highest BCUT2D eigenvalue weighted by atomic mass is 16.6. The number of rotatable bonds is 7. The maximum absolute atomic E-state index is 13.8. The number of methoxy groups -OCH3 is 1. The summed E-state index contributed by atoms with van der Waals surface area (Å²) in [6.45, 7) is 6.09. The van der Waals surface area contributed by atoms with Crippen LogP contribution in [0.4, 0.5) is 4.79 Å². The Labute approximate surface area is 204 Å². The summed E-state index contributed by atoms with van der Waals surface area (Å²) in [5.74, 6) is 1.29. The predicted molar refractivity (Wildman–Crippen MR) is 130 cm³/mol. The fourth-order valence-corrected chi connectivity index (χ4v) is 4.50. The summed E-state index contributed by atoms with van der Waals surface area (Å²) in [6.07, 6.45) is 1.23. The second-order valence-electron chi connectivity index (χ2n) is 8.45. The standard InChI is InChI=1S/C26H31N3O6/c1-4-34-26(32)28-13-11-27(12-14-28)24(19-7-9-20(33-3)10-8-19)23-22(30)16-18(2)29(25(23)31)17-21-6-5-15-35-21/h5-10,15-16,24,30H,4,11-14,17H2,1-3H3. The predicted octanol–water partition coefficient (Wildman–Crippen LogP) is 3.38. The zero-order valence-electron chi connectivity index (χ0n) is 20.3. The molecule has 1 fully saturated rings. The van der Waals surface area contributed by atoms with Crippen LogP contribution in [0.3, 0.4) is 0 Å². The van der Waals surface area contributed by atoms with Gasteiger partial charge in [0, 0.05) is 31.9 Å². The van der Waals surface area contributed by atoms with E-state index in [1.165, 1.54) is 0 Å². The van der Waals surface area contributed by atoms with Crippen LogP contribution in [-0.4, -0.2) is 65.5 Å². The van der Waals surface area contributed by atoms with Gasteiger partial charge >= 0.3 is 6.09 Å². The van der Waals surface area contributed by atoms with Crippen LogP contribution in [0, 0.1) is 6.92 Å². The molecule has 9 heteroatoms. The molecule has 1 amide bonds. The number of nitrogens with zero attached hydrogens (tertiary/aromatic N) is 3. The van der Waals surface area contributed by atoms with Crippen LogP contribution in [-0.2, 0) is 11.3 Å². The molecule has 1 unspecified atom stereocenters. The summed E-state index contributed by atoms with van der Waals surface area (Å²) >= 11 is 0. The molecule has 2 aromatic heterocycles. The van der Waals surface area contributed by atoms with Gasteiger partial charge in [0.15, 0.2) is 0 Å². The Kier molecular flexibility index (Phi) is 7.45. The van der Waals surface area contributed by atoms with Gasteiger partial charge in [-0.2, -0.15) is 0 Å². The van der Waals surface area contributed by atoms with E-state index in [1.54, 1.807) is 48.8 Å². The average molecular weight is 482 g/mol. The van der Waals surface area contributed by atoms with Gasteiger partial charge in [-0.05, 0) is 49.7 Å². The smallest absolute Gasteiger partial charge is 0.409 e. The van der Waals surface area contributed by atoms with Crippen molar-refractivity contribution in [3.05, 3.63) is 81.7 Å². The number of ether oxygens (including phenoxy) is 2. The molecule has 35 heavy (non-hydrogen) atoms. The number of aromatic hydroxyl groups is 1. The molecule has 1 atom stereocenters. The van der Waals surface area contributed by atoms with Gasteiger partial charge in [-0.1, -0.05) is 12.1 Å². The molecule has 1 saturated heterocycles. The Morgan fingerprint density at radius 1 is 1.14 bits per heavy atom. The van der Waals surface area contributed by atoms with E-state index >= 15 is 0 Å². The second-order valence-corrected chi connectivity index (χ2v) is 8.45. The average Bonchev–Trinajstić information content (AvgIpc) is 3.38. The molecule has 0 saturated carbocycles. The van der Waals surface area contributed by atoms with Crippen LogP contribution >= 0.6 is 0 Å². The second kappa shape index (κ2) is 10.7. The lowest BCUT2D eigenvalue weighted by atomic mass is 9.96. The lowest BCUT2D eigenvalue weighted by molar-refractivity contribution is 0.0709. The number of aryl methyl sites for hydroxylation is 1. The summed E-state index contributed by atoms with van der Waals surface area (Å²) in [6, 6.07) is 12.2. The molecule has 1 aliphatic heterocycles. The molecule has 0 bridgehead atoms. The van der Waals surface area contributed by atoms with Crippen molar-refractivity contribution in [3.63, 3.8) is 0 Å². The molecule has 1 N–H and O–H groups in total. The topological polar surface area (TPSA) is 97.4 Å². The fraction of sp³-hybridized carbons (Fsp3) is 0.385. The largest absolute Gasteiger partial charge is 0.507 e. The molecule has 1 aliphatic rings. The third-order valence-corrected chi connectivity index (χ3v) is 6.33. The van der Waals surface area contributed by atoms with E-state index in [2.05, 4.69) is 4.90 Å². The van der Waals surface area contributed by atoms with Crippen molar-refractivity contribution in [2.24, 2.45) is 0 Å². The highest BCUT2D eigenvalue weighted by molar-refractivity contribution is 5.67. The number of carbonyl (C=O) groups is 1. The van der Waals surface area contributed by atoms with Crippen LogP contribution in [0.5, 0.6) is 11.5 Å². The molecular weight excluding hydrogens is 450 g/mol. The van der Waals surface area contributed by atoms with Crippen LogP contribution in [0.2, 0.25) is 0 Å². The van der Waals surface area contributed by atoms with Crippen LogP contribution in [0.25, 0.3) is 0 Å².